The van der Waals surface area contributed by atoms with E-state index in [0.717, 1.165) is 23.9 Å². The van der Waals surface area contributed by atoms with Crippen molar-refractivity contribution >= 4 is 17.6 Å². The minimum Gasteiger partial charge on any atom is -0.477 e. The van der Waals surface area contributed by atoms with Crippen molar-refractivity contribution in [1.29, 1.82) is 0 Å². The first-order chi connectivity index (χ1) is 8.15. The number of aromatic nitrogens is 2. The summed E-state index contributed by atoms with van der Waals surface area (Å²) >= 11 is 1.51. The van der Waals surface area contributed by atoms with Crippen LogP contribution in [0.1, 0.15) is 6.42 Å². The summed E-state index contributed by atoms with van der Waals surface area (Å²) in [5, 5.41) is 3.72. The number of nitrogens with one attached hydrogen (secondary N) is 1. The molecule has 0 atom stereocenters. The van der Waals surface area contributed by atoms with Crippen molar-refractivity contribution in [2.24, 2.45) is 0 Å². The highest BCUT2D eigenvalue weighted by atomic mass is 32.2. The first kappa shape index (κ1) is 14.1. The van der Waals surface area contributed by atoms with Crippen LogP contribution in [0.4, 0.5) is 5.82 Å². The van der Waals surface area contributed by atoms with E-state index in [2.05, 4.69) is 34.3 Å². The molecule has 6 heteroatoms. The summed E-state index contributed by atoms with van der Waals surface area (Å²) in [6, 6.07) is 1.81. The molecule has 0 aliphatic heterocycles. The zero-order valence-corrected chi connectivity index (χ0v) is 11.7. The minimum atomic E-state index is 0.632. The van der Waals surface area contributed by atoms with Crippen LogP contribution in [0.2, 0.25) is 0 Å². The van der Waals surface area contributed by atoms with E-state index in [1.165, 1.54) is 11.8 Å². The summed E-state index contributed by atoms with van der Waals surface area (Å²) in [5.41, 5.74) is 0. The average Bonchev–Trinajstić information content (AvgIpc) is 2.34. The fourth-order valence-corrected chi connectivity index (χ4v) is 1.63. The van der Waals surface area contributed by atoms with Gasteiger partial charge in [-0.3, -0.25) is 0 Å². The predicted molar refractivity (Wildman–Crippen MR) is 72.0 cm³/mol. The van der Waals surface area contributed by atoms with Crippen LogP contribution in [0.5, 0.6) is 5.88 Å². The number of rotatable bonds is 7. The number of hydrogen-bond donors (Lipinski definition) is 1. The van der Waals surface area contributed by atoms with E-state index >= 15 is 0 Å². The third kappa shape index (κ3) is 5.23. The predicted octanol–water partition coefficient (Wildman–Crippen LogP) is 1.57. The molecule has 1 rings (SSSR count). The summed E-state index contributed by atoms with van der Waals surface area (Å²) in [5.74, 6) is 1.42. The minimum absolute atomic E-state index is 0.632. The van der Waals surface area contributed by atoms with E-state index in [9.17, 15) is 0 Å². The van der Waals surface area contributed by atoms with Crippen molar-refractivity contribution in [2.75, 3.05) is 45.9 Å². The Balaban J connectivity index is 2.51. The van der Waals surface area contributed by atoms with Gasteiger partial charge in [0.25, 0.3) is 0 Å². The van der Waals surface area contributed by atoms with Crippen LogP contribution >= 0.6 is 11.8 Å². The maximum absolute atomic E-state index is 5.61. The summed E-state index contributed by atoms with van der Waals surface area (Å²) < 4.78 is 5.61. The molecule has 0 aliphatic carbocycles. The second kappa shape index (κ2) is 7.34. The third-order valence-corrected chi connectivity index (χ3v) is 2.67. The zero-order chi connectivity index (χ0) is 12.7. The van der Waals surface area contributed by atoms with Crippen molar-refractivity contribution in [1.82, 2.24) is 14.9 Å². The maximum atomic E-state index is 5.61. The molecule has 17 heavy (non-hydrogen) atoms. The van der Waals surface area contributed by atoms with Crippen molar-refractivity contribution in [2.45, 2.75) is 11.6 Å². The highest BCUT2D eigenvalue weighted by molar-refractivity contribution is 7.98. The van der Waals surface area contributed by atoms with E-state index in [-0.39, 0.29) is 0 Å². The Bertz CT molecular complexity index is 324. The molecule has 1 heterocycles. The van der Waals surface area contributed by atoms with Gasteiger partial charge in [-0.1, -0.05) is 11.8 Å². The Hall–Kier alpha value is -1.01. The van der Waals surface area contributed by atoms with Gasteiger partial charge in [0.05, 0.1) is 6.61 Å². The number of hydrogen-bond acceptors (Lipinski definition) is 6. The summed E-state index contributed by atoms with van der Waals surface area (Å²) in [7, 11) is 5.94. The highest BCUT2D eigenvalue weighted by Crippen LogP contribution is 2.18. The van der Waals surface area contributed by atoms with Crippen molar-refractivity contribution in [3.63, 3.8) is 0 Å². The molecule has 0 spiro atoms. The molecule has 0 saturated carbocycles. The molecular weight excluding hydrogens is 236 g/mol. The van der Waals surface area contributed by atoms with Crippen molar-refractivity contribution in [3.05, 3.63) is 6.07 Å². The molecule has 1 aromatic heterocycles. The lowest BCUT2D eigenvalue weighted by Crippen LogP contribution is -2.15. The largest absolute Gasteiger partial charge is 0.477 e. The molecule has 0 saturated heterocycles. The smallest absolute Gasteiger partial charge is 0.219 e. The van der Waals surface area contributed by atoms with Crippen LogP contribution in [-0.2, 0) is 0 Å². The quantitative estimate of drug-likeness (QED) is 0.454. The highest BCUT2D eigenvalue weighted by Gasteiger charge is 2.03. The van der Waals surface area contributed by atoms with Gasteiger partial charge in [0.2, 0.25) is 5.88 Å². The maximum Gasteiger partial charge on any atom is 0.219 e. The van der Waals surface area contributed by atoms with Crippen molar-refractivity contribution in [3.8, 4) is 5.88 Å². The van der Waals surface area contributed by atoms with Crippen LogP contribution in [0.3, 0.4) is 0 Å². The molecular formula is C11H20N4OS. The van der Waals surface area contributed by atoms with Gasteiger partial charge in [0.1, 0.15) is 5.82 Å². The molecule has 1 aromatic rings. The molecule has 0 unspecified atom stereocenters. The Kier molecular flexibility index (Phi) is 6.07. The molecule has 0 aliphatic rings. The second-order valence-corrected chi connectivity index (χ2v) is 4.61. The molecule has 0 amide bonds. The Labute approximate surface area is 107 Å². The van der Waals surface area contributed by atoms with Gasteiger partial charge in [-0.2, -0.15) is 4.98 Å². The van der Waals surface area contributed by atoms with Crippen LogP contribution in [0, 0.1) is 0 Å². The zero-order valence-electron chi connectivity index (χ0n) is 10.9. The summed E-state index contributed by atoms with van der Waals surface area (Å²) in [6.45, 7) is 1.69. The van der Waals surface area contributed by atoms with E-state index in [4.69, 9.17) is 4.74 Å². The molecule has 0 bridgehead atoms. The molecule has 1 N–H and O–H groups in total. The van der Waals surface area contributed by atoms with E-state index in [1.807, 2.05) is 19.4 Å². The van der Waals surface area contributed by atoms with Crippen molar-refractivity contribution < 1.29 is 4.74 Å². The summed E-state index contributed by atoms with van der Waals surface area (Å²) in [4.78, 5) is 10.7. The number of nitrogens with zero attached hydrogens (tertiary/aromatic N) is 3. The fourth-order valence-electron chi connectivity index (χ4n) is 1.25. The van der Waals surface area contributed by atoms with Crippen LogP contribution in [0.15, 0.2) is 11.2 Å². The second-order valence-electron chi connectivity index (χ2n) is 3.83. The molecule has 5 nitrogen and oxygen atoms in total. The van der Waals surface area contributed by atoms with Gasteiger partial charge in [0.15, 0.2) is 5.16 Å². The topological polar surface area (TPSA) is 50.3 Å². The van der Waals surface area contributed by atoms with Gasteiger partial charge in [-0.15, -0.1) is 0 Å². The van der Waals surface area contributed by atoms with Gasteiger partial charge < -0.3 is 15.0 Å². The first-order valence-corrected chi connectivity index (χ1v) is 6.76. The lowest BCUT2D eigenvalue weighted by Gasteiger charge is -2.11. The molecule has 0 fully saturated rings. The number of thioether (sulfide) groups is 1. The normalized spacial score (nSPS) is 10.6. The first-order valence-electron chi connectivity index (χ1n) is 5.54. The molecule has 0 radical (unpaired) electrons. The molecule has 0 aromatic carbocycles. The fraction of sp³-hybridized carbons (Fsp3) is 0.636. The average molecular weight is 256 g/mol. The van der Waals surface area contributed by atoms with E-state index in [1.54, 1.807) is 0 Å². The van der Waals surface area contributed by atoms with Gasteiger partial charge >= 0.3 is 0 Å². The lowest BCUT2D eigenvalue weighted by molar-refractivity contribution is 0.271. The summed E-state index contributed by atoms with van der Waals surface area (Å²) in [6.07, 6.45) is 2.94. The van der Waals surface area contributed by atoms with Crippen LogP contribution in [-0.4, -0.2) is 55.4 Å². The SMILES string of the molecule is CNc1cc(OCCCN(C)C)nc(SC)n1. The van der Waals surface area contributed by atoms with Crippen LogP contribution in [0.25, 0.3) is 0 Å². The van der Waals surface area contributed by atoms with Gasteiger partial charge in [0, 0.05) is 19.7 Å². The molecule has 96 valence electrons. The Morgan fingerprint density at radius 1 is 1.41 bits per heavy atom. The Morgan fingerprint density at radius 3 is 2.76 bits per heavy atom. The van der Waals surface area contributed by atoms with E-state index < -0.39 is 0 Å². The van der Waals surface area contributed by atoms with E-state index in [0.29, 0.717) is 12.5 Å². The monoisotopic (exact) mass is 256 g/mol. The third-order valence-electron chi connectivity index (χ3n) is 2.12. The lowest BCUT2D eigenvalue weighted by atomic mass is 10.4. The number of ether oxygens (including phenoxy) is 1. The van der Waals surface area contributed by atoms with Crippen LogP contribution < -0.4 is 10.1 Å². The Morgan fingerprint density at radius 2 is 2.18 bits per heavy atom. The number of anilines is 1. The standard InChI is InChI=1S/C11H20N4OS/c1-12-9-8-10(14-11(13-9)17-4)16-7-5-6-15(2)3/h8H,5-7H2,1-4H3,(H,12,13,14). The van der Waals surface area contributed by atoms with Gasteiger partial charge in [-0.25, -0.2) is 4.98 Å². The van der Waals surface area contributed by atoms with Gasteiger partial charge in [-0.05, 0) is 26.8 Å².